The quantitative estimate of drug-likeness (QED) is 0.573. The number of benzene rings is 1. The van der Waals surface area contributed by atoms with Crippen LogP contribution in [0.1, 0.15) is 38.3 Å². The summed E-state index contributed by atoms with van der Waals surface area (Å²) >= 11 is 4.14. The lowest BCUT2D eigenvalue weighted by atomic mass is 9.96. The van der Waals surface area contributed by atoms with Crippen molar-refractivity contribution >= 4 is 45.2 Å². The van der Waals surface area contributed by atoms with Gasteiger partial charge in [0, 0.05) is 0 Å². The van der Waals surface area contributed by atoms with Crippen molar-refractivity contribution in [1.82, 2.24) is 0 Å². The number of hydrogen-bond acceptors (Lipinski definition) is 3. The number of aliphatic hydroxyl groups is 1. The molecule has 3 nitrogen and oxygen atoms in total. The second-order valence-electron chi connectivity index (χ2n) is 4.90. The zero-order valence-corrected chi connectivity index (χ0v) is 14.8. The summed E-state index contributed by atoms with van der Waals surface area (Å²) in [5.74, 6) is 0.843. The average molecular weight is 475 g/mol. The van der Waals surface area contributed by atoms with E-state index >= 15 is 0 Å². The van der Waals surface area contributed by atoms with Crippen LogP contribution in [-0.2, 0) is 0 Å². The van der Waals surface area contributed by atoms with Crippen molar-refractivity contribution in [2.45, 2.75) is 38.8 Å². The molecule has 1 rings (SSSR count). The van der Waals surface area contributed by atoms with Crippen LogP contribution in [0.4, 0.5) is 0 Å². The van der Waals surface area contributed by atoms with Crippen molar-refractivity contribution in [3.8, 4) is 5.75 Å². The van der Waals surface area contributed by atoms with Gasteiger partial charge in [0.2, 0.25) is 0 Å². The first kappa shape index (κ1) is 16.5. The summed E-state index contributed by atoms with van der Waals surface area (Å²) in [6.45, 7) is 4.26. The molecule has 102 valence electrons. The molecule has 0 bridgehead atoms. The molecule has 0 heterocycles. The first-order valence-electron chi connectivity index (χ1n) is 5.94. The molecule has 0 saturated carbocycles. The van der Waals surface area contributed by atoms with E-state index in [4.69, 9.17) is 5.73 Å². The maximum atomic E-state index is 10.1. The van der Waals surface area contributed by atoms with Crippen molar-refractivity contribution in [2.24, 2.45) is 11.7 Å². The van der Waals surface area contributed by atoms with E-state index in [9.17, 15) is 10.2 Å². The zero-order valence-electron chi connectivity index (χ0n) is 10.5. The van der Waals surface area contributed by atoms with Crippen LogP contribution in [0.25, 0.3) is 0 Å². The Hall–Kier alpha value is 0.400. The molecule has 0 aliphatic rings. The lowest BCUT2D eigenvalue weighted by Crippen LogP contribution is -2.26. The van der Waals surface area contributed by atoms with E-state index in [-0.39, 0.29) is 5.75 Å². The normalized spacial score (nSPS) is 14.8. The molecule has 0 unspecified atom stereocenters. The Morgan fingerprint density at radius 3 is 2.11 bits per heavy atom. The maximum Gasteiger partial charge on any atom is 0.142 e. The fraction of sp³-hybridized carbons (Fsp3) is 0.538. The van der Waals surface area contributed by atoms with Crippen molar-refractivity contribution in [2.75, 3.05) is 0 Å². The fourth-order valence-corrected chi connectivity index (χ4v) is 3.50. The molecule has 0 radical (unpaired) electrons. The highest BCUT2D eigenvalue weighted by Crippen LogP contribution is 2.30. The van der Waals surface area contributed by atoms with Gasteiger partial charge < -0.3 is 15.9 Å². The molecule has 1 aromatic carbocycles. The van der Waals surface area contributed by atoms with E-state index in [1.165, 1.54) is 0 Å². The third-order valence-corrected chi connectivity index (χ3v) is 4.52. The zero-order chi connectivity index (χ0) is 13.9. The Labute approximate surface area is 135 Å². The third kappa shape index (κ3) is 4.50. The number of phenols is 1. The molecule has 4 N–H and O–H groups in total. The van der Waals surface area contributed by atoms with Gasteiger partial charge in [-0.2, -0.15) is 0 Å². The second kappa shape index (κ2) is 7.25. The van der Waals surface area contributed by atoms with Gasteiger partial charge in [-0.25, -0.2) is 0 Å². The SMILES string of the molecule is CC(C)CC[C@H](O)[C@H](N)c1cc(I)c(O)c(I)c1. The maximum absolute atomic E-state index is 10.1. The molecule has 0 amide bonds. The lowest BCUT2D eigenvalue weighted by molar-refractivity contribution is 0.128. The predicted molar refractivity (Wildman–Crippen MR) is 90.5 cm³/mol. The minimum absolute atomic E-state index is 0.281. The summed E-state index contributed by atoms with van der Waals surface area (Å²) in [6, 6.07) is 3.27. The number of halogens is 2. The van der Waals surface area contributed by atoms with Crippen LogP contribution in [-0.4, -0.2) is 16.3 Å². The van der Waals surface area contributed by atoms with Gasteiger partial charge in [-0.15, -0.1) is 0 Å². The van der Waals surface area contributed by atoms with E-state index in [0.29, 0.717) is 12.3 Å². The topological polar surface area (TPSA) is 66.5 Å². The second-order valence-corrected chi connectivity index (χ2v) is 7.22. The average Bonchev–Trinajstić information content (AvgIpc) is 2.31. The molecular formula is C13H19I2NO2. The molecule has 0 aliphatic carbocycles. The Morgan fingerprint density at radius 1 is 1.17 bits per heavy atom. The smallest absolute Gasteiger partial charge is 0.142 e. The van der Waals surface area contributed by atoms with E-state index < -0.39 is 12.1 Å². The standard InChI is InChI=1S/C13H19I2NO2/c1-7(2)3-4-11(17)12(16)8-5-9(14)13(18)10(15)6-8/h5-7,11-12,17-18H,3-4,16H2,1-2H3/t11-,12+/m0/s1. The fourth-order valence-electron chi connectivity index (χ4n) is 1.68. The first-order valence-corrected chi connectivity index (χ1v) is 8.10. The van der Waals surface area contributed by atoms with Gasteiger partial charge in [-0.1, -0.05) is 13.8 Å². The molecule has 0 spiro atoms. The van der Waals surface area contributed by atoms with E-state index in [2.05, 4.69) is 59.0 Å². The Morgan fingerprint density at radius 2 is 1.67 bits per heavy atom. The molecule has 18 heavy (non-hydrogen) atoms. The molecule has 0 aliphatic heterocycles. The van der Waals surface area contributed by atoms with Crippen molar-refractivity contribution in [1.29, 1.82) is 0 Å². The molecule has 0 aromatic heterocycles. The Balaban J connectivity index is 2.80. The number of aromatic hydroxyl groups is 1. The van der Waals surface area contributed by atoms with Crippen LogP contribution in [0.5, 0.6) is 5.75 Å². The molecular weight excluding hydrogens is 456 g/mol. The largest absolute Gasteiger partial charge is 0.506 e. The molecule has 0 fully saturated rings. The van der Waals surface area contributed by atoms with E-state index in [1.54, 1.807) is 0 Å². The highest BCUT2D eigenvalue weighted by molar-refractivity contribution is 14.1. The number of rotatable bonds is 5. The van der Waals surface area contributed by atoms with Crippen molar-refractivity contribution < 1.29 is 10.2 Å². The number of nitrogens with two attached hydrogens (primary N) is 1. The summed E-state index contributed by atoms with van der Waals surface area (Å²) < 4.78 is 1.53. The summed E-state index contributed by atoms with van der Waals surface area (Å²) in [4.78, 5) is 0. The molecule has 5 heteroatoms. The van der Waals surface area contributed by atoms with Crippen molar-refractivity contribution in [3.63, 3.8) is 0 Å². The number of phenolic OH excluding ortho intramolecular Hbond substituents is 1. The summed E-state index contributed by atoms with van der Waals surface area (Å²) in [6.07, 6.45) is 1.12. The Bertz CT molecular complexity index is 387. The van der Waals surface area contributed by atoms with Crippen molar-refractivity contribution in [3.05, 3.63) is 24.8 Å². The summed E-state index contributed by atoms with van der Waals surface area (Å²) in [5, 5.41) is 19.8. The lowest BCUT2D eigenvalue weighted by Gasteiger charge is -2.21. The summed E-state index contributed by atoms with van der Waals surface area (Å²) in [7, 11) is 0. The van der Waals surface area contributed by atoms with Gasteiger partial charge in [0.15, 0.2) is 0 Å². The molecule has 2 atom stereocenters. The van der Waals surface area contributed by atoms with Gasteiger partial charge in [0.1, 0.15) is 5.75 Å². The van der Waals surface area contributed by atoms with Crippen LogP contribution in [0, 0.1) is 13.1 Å². The van der Waals surface area contributed by atoms with Crippen LogP contribution in [0.3, 0.4) is 0 Å². The van der Waals surface area contributed by atoms with Gasteiger partial charge in [0.05, 0.1) is 19.3 Å². The monoisotopic (exact) mass is 475 g/mol. The Kier molecular flexibility index (Phi) is 6.63. The predicted octanol–water partition coefficient (Wildman–Crippen LogP) is 3.40. The van der Waals surface area contributed by atoms with E-state index in [0.717, 1.165) is 19.1 Å². The van der Waals surface area contributed by atoms with Gasteiger partial charge in [-0.05, 0) is 81.6 Å². The molecule has 0 saturated heterocycles. The van der Waals surface area contributed by atoms with Crippen LogP contribution >= 0.6 is 45.2 Å². The minimum Gasteiger partial charge on any atom is -0.506 e. The summed E-state index contributed by atoms with van der Waals surface area (Å²) in [5.41, 5.74) is 6.95. The van der Waals surface area contributed by atoms with Crippen LogP contribution in [0.15, 0.2) is 12.1 Å². The highest BCUT2D eigenvalue weighted by Gasteiger charge is 2.19. The van der Waals surface area contributed by atoms with Gasteiger partial charge >= 0.3 is 0 Å². The van der Waals surface area contributed by atoms with Gasteiger partial charge in [0.25, 0.3) is 0 Å². The number of hydrogen-bond donors (Lipinski definition) is 3. The minimum atomic E-state index is -0.538. The van der Waals surface area contributed by atoms with Crippen LogP contribution < -0.4 is 5.73 Å². The van der Waals surface area contributed by atoms with E-state index in [1.807, 2.05) is 12.1 Å². The molecule has 1 aromatic rings. The first-order chi connectivity index (χ1) is 8.32. The van der Waals surface area contributed by atoms with Crippen LogP contribution in [0.2, 0.25) is 0 Å². The third-order valence-electron chi connectivity index (χ3n) is 2.88. The number of aliphatic hydroxyl groups excluding tert-OH is 1. The highest BCUT2D eigenvalue weighted by atomic mass is 127. The van der Waals surface area contributed by atoms with Gasteiger partial charge in [-0.3, -0.25) is 0 Å².